The van der Waals surface area contributed by atoms with E-state index in [9.17, 15) is 20.4 Å². The van der Waals surface area contributed by atoms with Crippen molar-refractivity contribution in [2.24, 2.45) is 9.98 Å². The first kappa shape index (κ1) is 19.5. The number of halogens is 2. The number of phenols is 4. The van der Waals surface area contributed by atoms with Gasteiger partial charge in [0, 0.05) is 23.6 Å². The average molecular weight is 417 g/mol. The lowest BCUT2D eigenvalue weighted by Crippen LogP contribution is -1.84. The van der Waals surface area contributed by atoms with Crippen molar-refractivity contribution in [1.29, 1.82) is 0 Å². The molecule has 3 aromatic carbocycles. The lowest BCUT2D eigenvalue weighted by Gasteiger charge is -2.05. The van der Waals surface area contributed by atoms with Gasteiger partial charge in [-0.05, 0) is 36.4 Å². The second-order valence-electron chi connectivity index (χ2n) is 5.70. The van der Waals surface area contributed by atoms with E-state index in [4.69, 9.17) is 23.2 Å². The van der Waals surface area contributed by atoms with Crippen LogP contribution in [0.5, 0.6) is 23.0 Å². The average Bonchev–Trinajstić information content (AvgIpc) is 2.67. The van der Waals surface area contributed by atoms with Crippen LogP contribution in [0.3, 0.4) is 0 Å². The number of benzene rings is 3. The van der Waals surface area contributed by atoms with Gasteiger partial charge in [-0.2, -0.15) is 0 Å². The predicted molar refractivity (Wildman–Crippen MR) is 111 cm³/mol. The predicted octanol–water partition coefficient (Wildman–Crippen LogP) is 5.32. The van der Waals surface area contributed by atoms with Crippen molar-refractivity contribution >= 4 is 47.0 Å². The molecule has 6 nitrogen and oxygen atoms in total. The third kappa shape index (κ3) is 4.19. The number of aliphatic imine (C=N–C) groups is 2. The van der Waals surface area contributed by atoms with Crippen LogP contribution in [-0.4, -0.2) is 32.9 Å². The number of para-hydroxylation sites is 2. The maximum Gasteiger partial charge on any atom is 0.166 e. The summed E-state index contributed by atoms with van der Waals surface area (Å²) in [6.45, 7) is 0. The van der Waals surface area contributed by atoms with E-state index in [1.165, 1.54) is 36.7 Å². The number of aromatic hydroxyl groups is 4. The summed E-state index contributed by atoms with van der Waals surface area (Å²) in [4.78, 5) is 8.54. The molecule has 142 valence electrons. The zero-order chi connectivity index (χ0) is 20.3. The van der Waals surface area contributed by atoms with Crippen molar-refractivity contribution in [3.63, 3.8) is 0 Å². The van der Waals surface area contributed by atoms with Gasteiger partial charge in [-0.15, -0.1) is 0 Å². The Morgan fingerprint density at radius 2 is 1.04 bits per heavy atom. The Balaban J connectivity index is 2.01. The van der Waals surface area contributed by atoms with Gasteiger partial charge in [0.2, 0.25) is 0 Å². The monoisotopic (exact) mass is 416 g/mol. The largest absolute Gasteiger partial charge is 0.504 e. The van der Waals surface area contributed by atoms with Gasteiger partial charge >= 0.3 is 0 Å². The second-order valence-corrected chi connectivity index (χ2v) is 6.52. The summed E-state index contributed by atoms with van der Waals surface area (Å²) in [7, 11) is 0. The highest BCUT2D eigenvalue weighted by Gasteiger charge is 2.09. The summed E-state index contributed by atoms with van der Waals surface area (Å²) in [6, 6.07) is 12.0. The first-order valence-electron chi connectivity index (χ1n) is 7.96. The van der Waals surface area contributed by atoms with Crippen molar-refractivity contribution in [2.45, 2.75) is 0 Å². The first-order valence-corrected chi connectivity index (χ1v) is 8.71. The van der Waals surface area contributed by atoms with E-state index in [2.05, 4.69) is 9.98 Å². The molecule has 0 aliphatic rings. The van der Waals surface area contributed by atoms with Crippen LogP contribution < -0.4 is 0 Å². The van der Waals surface area contributed by atoms with Crippen LogP contribution in [0, 0.1) is 0 Å². The van der Waals surface area contributed by atoms with E-state index in [0.717, 1.165) is 0 Å². The minimum Gasteiger partial charge on any atom is -0.504 e. The Labute approximate surface area is 170 Å². The highest BCUT2D eigenvalue weighted by molar-refractivity contribution is 6.42. The summed E-state index contributed by atoms with van der Waals surface area (Å²) in [5.74, 6) is -1.14. The van der Waals surface area contributed by atoms with E-state index in [-0.39, 0.29) is 33.0 Å². The van der Waals surface area contributed by atoms with E-state index in [0.29, 0.717) is 22.5 Å². The first-order chi connectivity index (χ1) is 13.4. The molecule has 0 spiro atoms. The molecule has 28 heavy (non-hydrogen) atoms. The molecule has 8 heteroatoms. The molecule has 0 unspecified atom stereocenters. The molecule has 0 aliphatic carbocycles. The lowest BCUT2D eigenvalue weighted by atomic mass is 10.2. The Morgan fingerprint density at radius 3 is 1.43 bits per heavy atom. The summed E-state index contributed by atoms with van der Waals surface area (Å²) >= 11 is 12.1. The summed E-state index contributed by atoms with van der Waals surface area (Å²) in [5, 5.41) is 39.4. The molecule has 0 bridgehead atoms. The van der Waals surface area contributed by atoms with Crippen LogP contribution in [-0.2, 0) is 0 Å². The van der Waals surface area contributed by atoms with Crippen molar-refractivity contribution in [3.8, 4) is 23.0 Å². The third-order valence-corrected chi connectivity index (χ3v) is 4.52. The van der Waals surface area contributed by atoms with Gasteiger partial charge in [0.25, 0.3) is 0 Å². The zero-order valence-electron chi connectivity index (χ0n) is 14.2. The SMILES string of the molecule is Oc1cccc(C=Nc2cc(Cl)c(Cl)cc2N=Cc2cccc(O)c2O)c1O. The summed E-state index contributed by atoms with van der Waals surface area (Å²) < 4.78 is 0. The van der Waals surface area contributed by atoms with Gasteiger partial charge in [0.1, 0.15) is 0 Å². The molecule has 0 amide bonds. The Morgan fingerprint density at radius 1 is 0.643 bits per heavy atom. The van der Waals surface area contributed by atoms with Gasteiger partial charge in [0.05, 0.1) is 21.4 Å². The molecule has 0 saturated heterocycles. The highest BCUT2D eigenvalue weighted by atomic mass is 35.5. The van der Waals surface area contributed by atoms with Gasteiger partial charge in [-0.25, -0.2) is 0 Å². The molecule has 0 saturated carbocycles. The smallest absolute Gasteiger partial charge is 0.166 e. The molecule has 4 N–H and O–H groups in total. The molecule has 3 rings (SSSR count). The minimum absolute atomic E-state index is 0.258. The maximum absolute atomic E-state index is 9.88. The summed E-state index contributed by atoms with van der Waals surface area (Å²) in [5.41, 5.74) is 1.28. The molecule has 0 aliphatic heterocycles. The number of phenolic OH excluding ortho intramolecular Hbond substituents is 4. The zero-order valence-corrected chi connectivity index (χ0v) is 15.7. The van der Waals surface area contributed by atoms with Crippen LogP contribution in [0.2, 0.25) is 10.0 Å². The number of rotatable bonds is 4. The van der Waals surface area contributed by atoms with Crippen molar-refractivity contribution in [2.75, 3.05) is 0 Å². The highest BCUT2D eigenvalue weighted by Crippen LogP contribution is 2.37. The van der Waals surface area contributed by atoms with Gasteiger partial charge < -0.3 is 20.4 Å². The van der Waals surface area contributed by atoms with E-state index >= 15 is 0 Å². The molecule has 3 aromatic rings. The quantitative estimate of drug-likeness (QED) is 0.341. The Bertz CT molecular complexity index is 1010. The fourth-order valence-corrected chi connectivity index (χ4v) is 2.63. The minimum atomic E-state index is -0.305. The standard InChI is InChI=1S/C20H14Cl2N2O4/c21-13-7-15(23-9-11-3-1-5-17(25)19(11)27)16(8-14(13)22)24-10-12-4-2-6-18(26)20(12)28/h1-10,25-28H. The van der Waals surface area contributed by atoms with Crippen molar-refractivity contribution < 1.29 is 20.4 Å². The van der Waals surface area contributed by atoms with Crippen LogP contribution in [0.15, 0.2) is 58.5 Å². The normalized spacial score (nSPS) is 11.5. The van der Waals surface area contributed by atoms with E-state index in [1.54, 1.807) is 24.3 Å². The number of hydrogen-bond acceptors (Lipinski definition) is 6. The van der Waals surface area contributed by atoms with Crippen molar-refractivity contribution in [3.05, 3.63) is 69.7 Å². The number of hydrogen-bond donors (Lipinski definition) is 4. The maximum atomic E-state index is 9.88. The van der Waals surface area contributed by atoms with E-state index < -0.39 is 0 Å². The van der Waals surface area contributed by atoms with Crippen LogP contribution >= 0.6 is 23.2 Å². The Hall–Kier alpha value is -3.22. The fraction of sp³-hybridized carbons (Fsp3) is 0. The molecule has 0 heterocycles. The molecule has 0 radical (unpaired) electrons. The van der Waals surface area contributed by atoms with Crippen LogP contribution in [0.1, 0.15) is 11.1 Å². The van der Waals surface area contributed by atoms with Gasteiger partial charge in [-0.1, -0.05) is 35.3 Å². The van der Waals surface area contributed by atoms with Gasteiger partial charge in [0.15, 0.2) is 23.0 Å². The van der Waals surface area contributed by atoms with Crippen LogP contribution in [0.4, 0.5) is 11.4 Å². The molecule has 0 aromatic heterocycles. The molecule has 0 fully saturated rings. The fourth-order valence-electron chi connectivity index (χ4n) is 2.32. The number of nitrogens with zero attached hydrogens (tertiary/aromatic N) is 2. The summed E-state index contributed by atoms with van der Waals surface area (Å²) in [6.07, 6.45) is 2.69. The second kappa shape index (κ2) is 8.21. The van der Waals surface area contributed by atoms with Crippen LogP contribution in [0.25, 0.3) is 0 Å². The third-order valence-electron chi connectivity index (χ3n) is 3.79. The molecular weight excluding hydrogens is 403 g/mol. The Kier molecular flexibility index (Phi) is 5.73. The molecular formula is C20H14Cl2N2O4. The van der Waals surface area contributed by atoms with E-state index in [1.807, 2.05) is 0 Å². The molecule has 0 atom stereocenters. The topological polar surface area (TPSA) is 106 Å². The van der Waals surface area contributed by atoms with Crippen molar-refractivity contribution in [1.82, 2.24) is 0 Å². The lowest BCUT2D eigenvalue weighted by molar-refractivity contribution is 0.403. The van der Waals surface area contributed by atoms with Gasteiger partial charge in [-0.3, -0.25) is 9.98 Å².